The van der Waals surface area contributed by atoms with Crippen molar-refractivity contribution >= 4 is 0 Å². The summed E-state index contributed by atoms with van der Waals surface area (Å²) in [6, 6.07) is 1.48. The third-order valence-electron chi connectivity index (χ3n) is 5.63. The molecule has 1 aliphatic heterocycles. The molecule has 0 spiro atoms. The van der Waals surface area contributed by atoms with Crippen LogP contribution in [0.5, 0.6) is 0 Å². The van der Waals surface area contributed by atoms with Crippen molar-refractivity contribution in [3.05, 3.63) is 0 Å². The fourth-order valence-electron chi connectivity index (χ4n) is 4.10. The summed E-state index contributed by atoms with van der Waals surface area (Å²) in [5, 5.41) is 3.91. The Labute approximate surface area is 133 Å². The topological polar surface area (TPSA) is 15.3 Å². The van der Waals surface area contributed by atoms with Gasteiger partial charge in [-0.2, -0.15) is 0 Å². The summed E-state index contributed by atoms with van der Waals surface area (Å²) in [5.74, 6) is 1.69. The van der Waals surface area contributed by atoms with E-state index in [2.05, 4.69) is 44.8 Å². The summed E-state index contributed by atoms with van der Waals surface area (Å²) in [6.07, 6.45) is 8.60. The van der Waals surface area contributed by atoms with E-state index in [1.165, 1.54) is 58.2 Å². The lowest BCUT2D eigenvalue weighted by Gasteiger charge is -2.46. The molecule has 2 heteroatoms. The van der Waals surface area contributed by atoms with E-state index < -0.39 is 0 Å². The molecule has 2 rings (SSSR count). The number of nitrogens with zero attached hydrogens (tertiary/aromatic N) is 1. The molecule has 1 saturated heterocycles. The second-order valence-electron chi connectivity index (χ2n) is 9.03. The zero-order valence-electron chi connectivity index (χ0n) is 15.1. The van der Waals surface area contributed by atoms with Crippen molar-refractivity contribution in [2.45, 2.75) is 85.2 Å². The van der Waals surface area contributed by atoms with E-state index in [4.69, 9.17) is 0 Å². The maximum atomic E-state index is 3.91. The summed E-state index contributed by atoms with van der Waals surface area (Å²) in [6.45, 7) is 15.6. The predicted molar refractivity (Wildman–Crippen MR) is 92.6 cm³/mol. The van der Waals surface area contributed by atoms with Crippen LogP contribution in [-0.4, -0.2) is 36.6 Å². The first-order valence-corrected chi connectivity index (χ1v) is 9.34. The van der Waals surface area contributed by atoms with Gasteiger partial charge in [0.2, 0.25) is 0 Å². The van der Waals surface area contributed by atoms with E-state index in [0.717, 1.165) is 23.9 Å². The molecule has 0 amide bonds. The van der Waals surface area contributed by atoms with Crippen molar-refractivity contribution in [3.8, 4) is 0 Å². The van der Waals surface area contributed by atoms with Crippen LogP contribution >= 0.6 is 0 Å². The van der Waals surface area contributed by atoms with Gasteiger partial charge in [-0.25, -0.2) is 0 Å². The fourth-order valence-corrected chi connectivity index (χ4v) is 4.10. The van der Waals surface area contributed by atoms with Gasteiger partial charge in [-0.1, -0.05) is 53.9 Å². The molecule has 0 aromatic rings. The van der Waals surface area contributed by atoms with Gasteiger partial charge in [0.05, 0.1) is 0 Å². The first-order chi connectivity index (χ1) is 9.87. The second-order valence-corrected chi connectivity index (χ2v) is 9.03. The minimum absolute atomic E-state index is 0.451. The third kappa shape index (κ3) is 5.25. The number of nitrogens with one attached hydrogen (secondary N) is 1. The highest BCUT2D eigenvalue weighted by Crippen LogP contribution is 2.30. The Kier molecular flexibility index (Phi) is 6.14. The van der Waals surface area contributed by atoms with Crippen LogP contribution in [0.1, 0.15) is 73.1 Å². The SMILES string of the molecule is CC(C)C1CNC(C2CCCCC2)CN1CCC(C)(C)C. The number of piperazine rings is 1. The second kappa shape index (κ2) is 7.46. The Morgan fingerprint density at radius 3 is 2.33 bits per heavy atom. The largest absolute Gasteiger partial charge is 0.311 e. The molecule has 2 unspecified atom stereocenters. The van der Waals surface area contributed by atoms with E-state index in [0.29, 0.717) is 5.41 Å². The van der Waals surface area contributed by atoms with E-state index in [1.54, 1.807) is 0 Å². The van der Waals surface area contributed by atoms with Crippen LogP contribution in [0, 0.1) is 17.3 Å². The highest BCUT2D eigenvalue weighted by Gasteiger charge is 2.34. The lowest BCUT2D eigenvalue weighted by Crippen LogP contribution is -2.60. The van der Waals surface area contributed by atoms with Gasteiger partial charge in [-0.05, 0) is 43.1 Å². The summed E-state index contributed by atoms with van der Waals surface area (Å²) in [7, 11) is 0. The van der Waals surface area contributed by atoms with Gasteiger partial charge in [-0.3, -0.25) is 4.90 Å². The van der Waals surface area contributed by atoms with Crippen molar-refractivity contribution in [2.24, 2.45) is 17.3 Å². The minimum atomic E-state index is 0.451. The quantitative estimate of drug-likeness (QED) is 0.831. The first-order valence-electron chi connectivity index (χ1n) is 9.34. The monoisotopic (exact) mass is 294 g/mol. The fraction of sp³-hybridized carbons (Fsp3) is 1.00. The van der Waals surface area contributed by atoms with E-state index >= 15 is 0 Å². The lowest BCUT2D eigenvalue weighted by molar-refractivity contribution is 0.0632. The third-order valence-corrected chi connectivity index (χ3v) is 5.63. The highest BCUT2D eigenvalue weighted by atomic mass is 15.2. The smallest absolute Gasteiger partial charge is 0.0244 e. The number of rotatable bonds is 4. The first kappa shape index (κ1) is 17.3. The summed E-state index contributed by atoms with van der Waals surface area (Å²) >= 11 is 0. The summed E-state index contributed by atoms with van der Waals surface area (Å²) < 4.78 is 0. The molecule has 1 saturated carbocycles. The van der Waals surface area contributed by atoms with Gasteiger partial charge in [0.1, 0.15) is 0 Å². The van der Waals surface area contributed by atoms with Crippen molar-refractivity contribution in [1.82, 2.24) is 10.2 Å². The number of hydrogen-bond donors (Lipinski definition) is 1. The Hall–Kier alpha value is -0.0800. The van der Waals surface area contributed by atoms with Gasteiger partial charge in [0, 0.05) is 25.2 Å². The minimum Gasteiger partial charge on any atom is -0.311 e. The van der Waals surface area contributed by atoms with Gasteiger partial charge in [0.15, 0.2) is 0 Å². The summed E-state index contributed by atoms with van der Waals surface area (Å²) in [5.41, 5.74) is 0.451. The van der Waals surface area contributed by atoms with Crippen molar-refractivity contribution in [1.29, 1.82) is 0 Å². The molecule has 0 aromatic heterocycles. The maximum absolute atomic E-state index is 3.91. The molecule has 2 atom stereocenters. The van der Waals surface area contributed by atoms with Crippen LogP contribution in [0.15, 0.2) is 0 Å². The van der Waals surface area contributed by atoms with Gasteiger partial charge in [0.25, 0.3) is 0 Å². The molecule has 2 aliphatic rings. The molecule has 2 nitrogen and oxygen atoms in total. The van der Waals surface area contributed by atoms with E-state index in [-0.39, 0.29) is 0 Å². The molecule has 21 heavy (non-hydrogen) atoms. The Bertz CT molecular complexity index is 299. The summed E-state index contributed by atoms with van der Waals surface area (Å²) in [4.78, 5) is 2.81. The van der Waals surface area contributed by atoms with Crippen molar-refractivity contribution < 1.29 is 0 Å². The molecule has 0 radical (unpaired) electrons. The molecular weight excluding hydrogens is 256 g/mol. The highest BCUT2D eigenvalue weighted by molar-refractivity contribution is 4.92. The van der Waals surface area contributed by atoms with Crippen LogP contribution in [0.3, 0.4) is 0 Å². The molecule has 0 aromatic carbocycles. The van der Waals surface area contributed by atoms with Crippen LogP contribution in [0.2, 0.25) is 0 Å². The Morgan fingerprint density at radius 1 is 1.10 bits per heavy atom. The lowest BCUT2D eigenvalue weighted by atomic mass is 9.81. The molecular formula is C19H38N2. The van der Waals surface area contributed by atoms with Crippen LogP contribution in [-0.2, 0) is 0 Å². The zero-order chi connectivity index (χ0) is 15.5. The standard InChI is InChI=1S/C19H38N2/c1-15(2)18-13-20-17(16-9-7-6-8-10-16)14-21(18)12-11-19(3,4)5/h15-18,20H,6-14H2,1-5H3. The molecule has 0 bridgehead atoms. The number of hydrogen-bond acceptors (Lipinski definition) is 2. The predicted octanol–water partition coefficient (Wildman–Crippen LogP) is 4.30. The molecule has 2 fully saturated rings. The van der Waals surface area contributed by atoms with Crippen LogP contribution < -0.4 is 5.32 Å². The normalized spacial score (nSPS) is 30.0. The van der Waals surface area contributed by atoms with Crippen molar-refractivity contribution in [2.75, 3.05) is 19.6 Å². The zero-order valence-corrected chi connectivity index (χ0v) is 15.1. The molecule has 1 heterocycles. The Morgan fingerprint density at radius 2 is 1.76 bits per heavy atom. The molecule has 1 N–H and O–H groups in total. The van der Waals surface area contributed by atoms with Gasteiger partial charge in [-0.15, -0.1) is 0 Å². The van der Waals surface area contributed by atoms with Crippen molar-refractivity contribution in [3.63, 3.8) is 0 Å². The average Bonchev–Trinajstić information content (AvgIpc) is 2.45. The van der Waals surface area contributed by atoms with E-state index in [9.17, 15) is 0 Å². The maximum Gasteiger partial charge on any atom is 0.0244 e. The Balaban J connectivity index is 1.94. The average molecular weight is 295 g/mol. The van der Waals surface area contributed by atoms with Gasteiger partial charge < -0.3 is 5.32 Å². The van der Waals surface area contributed by atoms with Gasteiger partial charge >= 0.3 is 0 Å². The van der Waals surface area contributed by atoms with E-state index in [1.807, 2.05) is 0 Å². The van der Waals surface area contributed by atoms with Crippen LogP contribution in [0.4, 0.5) is 0 Å². The molecule has 124 valence electrons. The molecule has 1 aliphatic carbocycles. The van der Waals surface area contributed by atoms with Crippen LogP contribution in [0.25, 0.3) is 0 Å².